The first-order chi connectivity index (χ1) is 13.3. The lowest BCUT2D eigenvalue weighted by molar-refractivity contribution is 0.504. The monoisotopic (exact) mass is 369 g/mol. The minimum atomic E-state index is 0.651. The van der Waals surface area contributed by atoms with E-state index in [0.717, 1.165) is 56.6 Å². The van der Waals surface area contributed by atoms with Crippen LogP contribution in [0.3, 0.4) is 0 Å². The van der Waals surface area contributed by atoms with Gasteiger partial charge in [-0.2, -0.15) is 0 Å². The van der Waals surface area contributed by atoms with Crippen molar-refractivity contribution in [2.75, 3.05) is 31.6 Å². The predicted molar refractivity (Wildman–Crippen MR) is 110 cm³/mol. The van der Waals surface area contributed by atoms with Crippen molar-refractivity contribution in [2.24, 2.45) is 4.99 Å². The number of nitrogens with one attached hydrogen (secondary N) is 2. The van der Waals surface area contributed by atoms with Crippen molar-refractivity contribution in [3.63, 3.8) is 0 Å². The maximum absolute atomic E-state index is 4.33. The van der Waals surface area contributed by atoms with Crippen molar-refractivity contribution in [3.8, 4) is 0 Å². The third-order valence-electron chi connectivity index (χ3n) is 4.97. The quantitative estimate of drug-likeness (QED) is 0.424. The van der Waals surface area contributed by atoms with Gasteiger partial charge >= 0.3 is 0 Å². The molecule has 0 fully saturated rings. The molecule has 1 aliphatic heterocycles. The Labute approximate surface area is 161 Å². The average Bonchev–Trinajstić information content (AvgIpc) is 3.14. The number of para-hydroxylation sites is 1. The molecule has 7 nitrogen and oxygen atoms in total. The Morgan fingerprint density at radius 2 is 2.04 bits per heavy atom. The average molecular weight is 370 g/mol. The van der Waals surface area contributed by atoms with Gasteiger partial charge < -0.3 is 20.1 Å². The number of benzene rings is 1. The number of guanidine groups is 1. The van der Waals surface area contributed by atoms with E-state index in [1.165, 1.54) is 18.5 Å². The molecule has 2 aromatic rings. The minimum Gasteiger partial charge on any atom is -0.372 e. The molecule has 0 spiro atoms. The first kappa shape index (κ1) is 19.2. The topological polar surface area (TPSA) is 70.4 Å². The molecule has 0 unspecified atom stereocenters. The summed E-state index contributed by atoms with van der Waals surface area (Å²) in [6.07, 6.45) is 4.51. The van der Waals surface area contributed by atoms with Crippen LogP contribution in [0.1, 0.15) is 37.8 Å². The molecule has 27 heavy (non-hydrogen) atoms. The molecule has 0 bridgehead atoms. The summed E-state index contributed by atoms with van der Waals surface area (Å²) in [5, 5.41) is 15.4. The SMILES string of the molecule is CCN(CCCNC(=NC)NCc1nnc2n1CCCC2)c1ccccc1. The highest BCUT2D eigenvalue weighted by Crippen LogP contribution is 2.14. The number of anilines is 1. The molecular weight excluding hydrogens is 338 g/mol. The van der Waals surface area contributed by atoms with E-state index in [0.29, 0.717) is 6.54 Å². The fraction of sp³-hybridized carbons (Fsp3) is 0.550. The lowest BCUT2D eigenvalue weighted by Crippen LogP contribution is -2.39. The van der Waals surface area contributed by atoms with Crippen LogP contribution >= 0.6 is 0 Å². The van der Waals surface area contributed by atoms with Gasteiger partial charge in [-0.3, -0.25) is 4.99 Å². The molecule has 7 heteroatoms. The van der Waals surface area contributed by atoms with Gasteiger partial charge in [0.25, 0.3) is 0 Å². The Morgan fingerprint density at radius 1 is 1.19 bits per heavy atom. The second kappa shape index (κ2) is 9.94. The van der Waals surface area contributed by atoms with E-state index < -0.39 is 0 Å². The second-order valence-corrected chi connectivity index (χ2v) is 6.76. The fourth-order valence-corrected chi connectivity index (χ4v) is 3.47. The predicted octanol–water partition coefficient (Wildman–Crippen LogP) is 2.20. The van der Waals surface area contributed by atoms with Gasteiger partial charge in [-0.15, -0.1) is 10.2 Å². The van der Waals surface area contributed by atoms with Gasteiger partial charge in [0.2, 0.25) is 0 Å². The van der Waals surface area contributed by atoms with Crippen LogP contribution in [0.2, 0.25) is 0 Å². The number of nitrogens with zero attached hydrogens (tertiary/aromatic N) is 5. The summed E-state index contributed by atoms with van der Waals surface area (Å²) in [5.74, 6) is 2.92. The highest BCUT2D eigenvalue weighted by molar-refractivity contribution is 5.79. The number of aryl methyl sites for hydroxylation is 1. The van der Waals surface area contributed by atoms with Crippen LogP contribution in [0.4, 0.5) is 5.69 Å². The van der Waals surface area contributed by atoms with E-state index in [1.807, 2.05) is 0 Å². The third-order valence-corrected chi connectivity index (χ3v) is 4.97. The third kappa shape index (κ3) is 5.21. The summed E-state index contributed by atoms with van der Waals surface area (Å²) in [6, 6.07) is 10.6. The molecule has 1 aromatic heterocycles. The number of hydrogen-bond acceptors (Lipinski definition) is 4. The largest absolute Gasteiger partial charge is 0.372 e. The molecule has 0 aliphatic carbocycles. The molecule has 0 amide bonds. The van der Waals surface area contributed by atoms with Gasteiger partial charge in [-0.05, 0) is 38.3 Å². The van der Waals surface area contributed by atoms with Crippen molar-refractivity contribution >= 4 is 11.6 Å². The van der Waals surface area contributed by atoms with E-state index in [-0.39, 0.29) is 0 Å². The van der Waals surface area contributed by atoms with Crippen LogP contribution in [0.15, 0.2) is 35.3 Å². The molecule has 0 saturated heterocycles. The molecule has 3 rings (SSSR count). The van der Waals surface area contributed by atoms with Crippen molar-refractivity contribution in [2.45, 2.75) is 45.7 Å². The molecule has 2 heterocycles. The maximum atomic E-state index is 4.33. The van der Waals surface area contributed by atoms with Crippen LogP contribution in [-0.2, 0) is 19.5 Å². The fourth-order valence-electron chi connectivity index (χ4n) is 3.47. The minimum absolute atomic E-state index is 0.651. The lowest BCUT2D eigenvalue weighted by atomic mass is 10.2. The highest BCUT2D eigenvalue weighted by Gasteiger charge is 2.15. The standard InChI is InChI=1S/C20H31N7/c1-3-26(17-10-5-4-6-11-17)14-9-13-22-20(21-2)23-16-19-25-24-18-12-7-8-15-27(18)19/h4-6,10-11H,3,7-9,12-16H2,1-2H3,(H2,21,22,23). The smallest absolute Gasteiger partial charge is 0.191 e. The van der Waals surface area contributed by atoms with E-state index >= 15 is 0 Å². The Balaban J connectivity index is 1.41. The number of fused-ring (bicyclic) bond motifs is 1. The summed E-state index contributed by atoms with van der Waals surface area (Å²) in [5.41, 5.74) is 1.28. The van der Waals surface area contributed by atoms with Gasteiger partial charge in [-0.1, -0.05) is 18.2 Å². The summed E-state index contributed by atoms with van der Waals surface area (Å²) >= 11 is 0. The van der Waals surface area contributed by atoms with Crippen LogP contribution in [0.25, 0.3) is 0 Å². The van der Waals surface area contributed by atoms with Crippen LogP contribution in [-0.4, -0.2) is 47.4 Å². The van der Waals surface area contributed by atoms with E-state index in [1.54, 1.807) is 7.05 Å². The Kier molecular flexibility index (Phi) is 7.07. The van der Waals surface area contributed by atoms with Gasteiger partial charge in [0.1, 0.15) is 5.82 Å². The zero-order chi connectivity index (χ0) is 18.9. The van der Waals surface area contributed by atoms with Gasteiger partial charge in [0, 0.05) is 45.3 Å². The van der Waals surface area contributed by atoms with E-state index in [9.17, 15) is 0 Å². The first-order valence-electron chi connectivity index (χ1n) is 9.97. The number of hydrogen-bond donors (Lipinski definition) is 2. The van der Waals surface area contributed by atoms with Crippen molar-refractivity contribution < 1.29 is 0 Å². The van der Waals surface area contributed by atoms with Crippen LogP contribution in [0.5, 0.6) is 0 Å². The van der Waals surface area contributed by atoms with E-state index in [2.05, 4.69) is 72.5 Å². The summed E-state index contributed by atoms with van der Waals surface area (Å²) in [6.45, 7) is 6.77. The molecule has 2 N–H and O–H groups in total. The molecule has 0 radical (unpaired) electrons. The van der Waals surface area contributed by atoms with Gasteiger partial charge in [-0.25, -0.2) is 0 Å². The number of aromatic nitrogens is 3. The molecule has 1 aromatic carbocycles. The van der Waals surface area contributed by atoms with Gasteiger partial charge in [0.15, 0.2) is 11.8 Å². The second-order valence-electron chi connectivity index (χ2n) is 6.76. The van der Waals surface area contributed by atoms with Crippen LogP contribution < -0.4 is 15.5 Å². The Bertz CT molecular complexity index is 723. The molecular formula is C20H31N7. The molecule has 1 aliphatic rings. The Morgan fingerprint density at radius 3 is 2.81 bits per heavy atom. The zero-order valence-corrected chi connectivity index (χ0v) is 16.5. The maximum Gasteiger partial charge on any atom is 0.191 e. The molecule has 0 saturated carbocycles. The number of aliphatic imine (C=N–C) groups is 1. The van der Waals surface area contributed by atoms with Crippen molar-refractivity contribution in [3.05, 3.63) is 42.0 Å². The lowest BCUT2D eigenvalue weighted by Gasteiger charge is -2.23. The highest BCUT2D eigenvalue weighted by atomic mass is 15.3. The van der Waals surface area contributed by atoms with Crippen molar-refractivity contribution in [1.29, 1.82) is 0 Å². The molecule has 0 atom stereocenters. The zero-order valence-electron chi connectivity index (χ0n) is 16.5. The Hall–Kier alpha value is -2.57. The van der Waals surface area contributed by atoms with Crippen molar-refractivity contribution in [1.82, 2.24) is 25.4 Å². The molecule has 146 valence electrons. The van der Waals surface area contributed by atoms with E-state index in [4.69, 9.17) is 0 Å². The summed E-state index contributed by atoms with van der Waals surface area (Å²) in [7, 11) is 1.80. The van der Waals surface area contributed by atoms with Gasteiger partial charge in [0.05, 0.1) is 6.54 Å². The normalized spacial score (nSPS) is 13.9. The summed E-state index contributed by atoms with van der Waals surface area (Å²) < 4.78 is 2.24. The summed E-state index contributed by atoms with van der Waals surface area (Å²) in [4.78, 5) is 6.71. The first-order valence-corrected chi connectivity index (χ1v) is 9.97. The number of rotatable bonds is 8. The van der Waals surface area contributed by atoms with Crippen LogP contribution in [0, 0.1) is 0 Å².